The van der Waals surface area contributed by atoms with Crippen molar-refractivity contribution in [3.05, 3.63) is 47.5 Å². The Hall–Kier alpha value is -2.74. The molecule has 0 aliphatic carbocycles. The van der Waals surface area contributed by atoms with Gasteiger partial charge >= 0.3 is 0 Å². The molecule has 1 aromatic carbocycles. The average Bonchev–Trinajstić information content (AvgIpc) is 3.28. The molecule has 2 unspecified atom stereocenters. The molecule has 138 valence electrons. The standard InChI is InChI=1S/C18H23N5O3/c1-12-20-17(22-21-12)14-8-23(9-15(14)18(25)19-2)16(24)11-26-10-13-6-4-3-5-7-13/h3-7,14-15H,8-11H2,1-2H3,(H,19,25)(H,20,21,22). The zero-order valence-corrected chi connectivity index (χ0v) is 14.9. The Bertz CT molecular complexity index is 761. The molecule has 2 aromatic rings. The summed E-state index contributed by atoms with van der Waals surface area (Å²) in [5.74, 6) is 0.414. The number of benzene rings is 1. The highest BCUT2D eigenvalue weighted by Gasteiger charge is 2.41. The van der Waals surface area contributed by atoms with Crippen molar-refractivity contribution in [1.29, 1.82) is 0 Å². The number of nitrogens with one attached hydrogen (secondary N) is 2. The lowest BCUT2D eigenvalue weighted by Crippen LogP contribution is -2.35. The molecule has 1 aliphatic rings. The first-order valence-corrected chi connectivity index (χ1v) is 8.58. The van der Waals surface area contributed by atoms with Gasteiger partial charge in [-0.2, -0.15) is 5.10 Å². The van der Waals surface area contributed by atoms with Crippen LogP contribution in [0.2, 0.25) is 0 Å². The smallest absolute Gasteiger partial charge is 0.248 e. The Morgan fingerprint density at radius 2 is 2.08 bits per heavy atom. The first kappa shape index (κ1) is 18.1. The van der Waals surface area contributed by atoms with Crippen LogP contribution in [0.25, 0.3) is 0 Å². The van der Waals surface area contributed by atoms with E-state index in [-0.39, 0.29) is 30.3 Å². The van der Waals surface area contributed by atoms with Crippen LogP contribution in [0.4, 0.5) is 0 Å². The molecular weight excluding hydrogens is 334 g/mol. The maximum atomic E-state index is 12.5. The normalized spacial score (nSPS) is 19.5. The van der Waals surface area contributed by atoms with Crippen molar-refractivity contribution >= 4 is 11.8 Å². The summed E-state index contributed by atoms with van der Waals surface area (Å²) >= 11 is 0. The largest absolute Gasteiger partial charge is 0.367 e. The van der Waals surface area contributed by atoms with Crippen LogP contribution in [-0.2, 0) is 20.9 Å². The molecule has 8 heteroatoms. The van der Waals surface area contributed by atoms with Crippen LogP contribution in [0, 0.1) is 12.8 Å². The second kappa shape index (κ2) is 8.09. The maximum Gasteiger partial charge on any atom is 0.248 e. The second-order valence-electron chi connectivity index (χ2n) is 6.38. The molecule has 1 aromatic heterocycles. The number of aryl methyl sites for hydroxylation is 1. The highest BCUT2D eigenvalue weighted by molar-refractivity contribution is 5.83. The van der Waals surface area contributed by atoms with Gasteiger partial charge in [-0.05, 0) is 12.5 Å². The molecule has 8 nitrogen and oxygen atoms in total. The van der Waals surface area contributed by atoms with Crippen molar-refractivity contribution in [3.8, 4) is 0 Å². The fraction of sp³-hybridized carbons (Fsp3) is 0.444. The van der Waals surface area contributed by atoms with E-state index >= 15 is 0 Å². The Morgan fingerprint density at radius 1 is 1.31 bits per heavy atom. The number of likely N-dealkylation sites (tertiary alicyclic amines) is 1. The van der Waals surface area contributed by atoms with Gasteiger partial charge in [0.25, 0.3) is 0 Å². The van der Waals surface area contributed by atoms with Gasteiger partial charge in [-0.15, -0.1) is 0 Å². The third kappa shape index (κ3) is 4.08. The Kier molecular flexibility index (Phi) is 5.62. The molecule has 0 bridgehead atoms. The summed E-state index contributed by atoms with van der Waals surface area (Å²) in [6.45, 7) is 2.91. The summed E-state index contributed by atoms with van der Waals surface area (Å²) in [4.78, 5) is 30.7. The van der Waals surface area contributed by atoms with Gasteiger partial charge in [-0.25, -0.2) is 4.98 Å². The molecule has 0 radical (unpaired) electrons. The van der Waals surface area contributed by atoms with Crippen molar-refractivity contribution in [3.63, 3.8) is 0 Å². The number of rotatable bonds is 6. The summed E-state index contributed by atoms with van der Waals surface area (Å²) in [6.07, 6.45) is 0. The van der Waals surface area contributed by atoms with E-state index in [1.54, 1.807) is 18.9 Å². The number of amides is 2. The van der Waals surface area contributed by atoms with Gasteiger partial charge < -0.3 is 15.0 Å². The highest BCUT2D eigenvalue weighted by atomic mass is 16.5. The van der Waals surface area contributed by atoms with E-state index in [0.717, 1.165) is 5.56 Å². The molecule has 0 spiro atoms. The Labute approximate surface area is 151 Å². The van der Waals surface area contributed by atoms with Crippen LogP contribution in [-0.4, -0.2) is 58.6 Å². The van der Waals surface area contributed by atoms with E-state index in [9.17, 15) is 9.59 Å². The van der Waals surface area contributed by atoms with E-state index < -0.39 is 0 Å². The summed E-state index contributed by atoms with van der Waals surface area (Å²) < 4.78 is 5.53. The summed E-state index contributed by atoms with van der Waals surface area (Å²) in [5.41, 5.74) is 1.01. The predicted octanol–water partition coefficient (Wildman–Crippen LogP) is 0.618. The molecule has 2 heterocycles. The fourth-order valence-corrected chi connectivity index (χ4v) is 3.17. The zero-order valence-electron chi connectivity index (χ0n) is 14.9. The van der Waals surface area contributed by atoms with Gasteiger partial charge in [0, 0.05) is 20.1 Å². The van der Waals surface area contributed by atoms with Crippen molar-refractivity contribution in [2.75, 3.05) is 26.7 Å². The molecule has 1 aliphatic heterocycles. The minimum atomic E-state index is -0.367. The summed E-state index contributed by atoms with van der Waals surface area (Å²) in [6, 6.07) is 9.69. The van der Waals surface area contributed by atoms with Gasteiger partial charge in [0.1, 0.15) is 12.4 Å². The van der Waals surface area contributed by atoms with E-state index in [2.05, 4.69) is 20.5 Å². The molecule has 26 heavy (non-hydrogen) atoms. The van der Waals surface area contributed by atoms with E-state index in [0.29, 0.717) is 31.3 Å². The molecule has 2 amide bonds. The zero-order chi connectivity index (χ0) is 18.5. The average molecular weight is 357 g/mol. The quantitative estimate of drug-likeness (QED) is 0.789. The molecule has 1 saturated heterocycles. The van der Waals surface area contributed by atoms with Crippen LogP contribution in [0.3, 0.4) is 0 Å². The third-order valence-corrected chi connectivity index (χ3v) is 4.54. The van der Waals surface area contributed by atoms with Crippen LogP contribution in [0.1, 0.15) is 23.1 Å². The Morgan fingerprint density at radius 3 is 2.73 bits per heavy atom. The van der Waals surface area contributed by atoms with Gasteiger partial charge in [0.05, 0.1) is 18.4 Å². The maximum absolute atomic E-state index is 12.5. The van der Waals surface area contributed by atoms with E-state index in [1.807, 2.05) is 30.3 Å². The highest BCUT2D eigenvalue weighted by Crippen LogP contribution is 2.31. The predicted molar refractivity (Wildman–Crippen MR) is 94.1 cm³/mol. The second-order valence-corrected chi connectivity index (χ2v) is 6.38. The number of hydrogen-bond acceptors (Lipinski definition) is 5. The Balaban J connectivity index is 1.61. The van der Waals surface area contributed by atoms with E-state index in [4.69, 9.17) is 4.74 Å². The van der Waals surface area contributed by atoms with Crippen molar-refractivity contribution < 1.29 is 14.3 Å². The minimum absolute atomic E-state index is 0.0187. The lowest BCUT2D eigenvalue weighted by molar-refractivity contribution is -0.135. The summed E-state index contributed by atoms with van der Waals surface area (Å²) in [7, 11) is 1.59. The topological polar surface area (TPSA) is 100 Å². The fourth-order valence-electron chi connectivity index (χ4n) is 3.17. The van der Waals surface area contributed by atoms with Gasteiger partial charge in [0.15, 0.2) is 5.82 Å². The number of aromatic nitrogens is 3. The number of H-pyrrole nitrogens is 1. The molecule has 0 saturated carbocycles. The minimum Gasteiger partial charge on any atom is -0.367 e. The van der Waals surface area contributed by atoms with Crippen LogP contribution in [0.15, 0.2) is 30.3 Å². The van der Waals surface area contributed by atoms with Crippen LogP contribution >= 0.6 is 0 Å². The van der Waals surface area contributed by atoms with E-state index in [1.165, 1.54) is 0 Å². The lowest BCUT2D eigenvalue weighted by Gasteiger charge is -2.16. The summed E-state index contributed by atoms with van der Waals surface area (Å²) in [5, 5.41) is 9.64. The molecular formula is C18H23N5O3. The lowest BCUT2D eigenvalue weighted by atomic mass is 9.94. The van der Waals surface area contributed by atoms with Crippen LogP contribution < -0.4 is 5.32 Å². The number of carbonyl (C=O) groups excluding carboxylic acids is 2. The van der Waals surface area contributed by atoms with Gasteiger partial charge in [-0.1, -0.05) is 30.3 Å². The first-order chi connectivity index (χ1) is 12.6. The molecule has 2 N–H and O–H groups in total. The third-order valence-electron chi connectivity index (χ3n) is 4.54. The SMILES string of the molecule is CNC(=O)C1CN(C(=O)COCc2ccccc2)CC1c1n[nH]c(C)n1. The van der Waals surface area contributed by atoms with Gasteiger partial charge in [0.2, 0.25) is 11.8 Å². The van der Waals surface area contributed by atoms with Crippen molar-refractivity contribution in [2.24, 2.45) is 5.92 Å². The molecule has 1 fully saturated rings. The van der Waals surface area contributed by atoms with Crippen molar-refractivity contribution in [1.82, 2.24) is 25.4 Å². The van der Waals surface area contributed by atoms with Crippen molar-refractivity contribution in [2.45, 2.75) is 19.4 Å². The van der Waals surface area contributed by atoms with Crippen LogP contribution in [0.5, 0.6) is 0 Å². The monoisotopic (exact) mass is 357 g/mol. The number of nitrogens with zero attached hydrogens (tertiary/aromatic N) is 3. The number of carbonyl (C=O) groups is 2. The number of hydrogen-bond donors (Lipinski definition) is 2. The van der Waals surface area contributed by atoms with Gasteiger partial charge in [-0.3, -0.25) is 14.7 Å². The number of ether oxygens (including phenoxy) is 1. The molecule has 3 rings (SSSR count). The first-order valence-electron chi connectivity index (χ1n) is 8.58. The molecule has 2 atom stereocenters. The number of aromatic amines is 1.